The van der Waals surface area contributed by atoms with Crippen LogP contribution in [-0.2, 0) is 0 Å². The second kappa shape index (κ2) is 8.09. The molecule has 2 rings (SSSR count). The van der Waals surface area contributed by atoms with E-state index in [9.17, 15) is 10.1 Å². The van der Waals surface area contributed by atoms with Gasteiger partial charge in [-0.3, -0.25) is 10.1 Å². The van der Waals surface area contributed by atoms with Crippen molar-refractivity contribution in [2.24, 2.45) is 5.92 Å². The number of aromatic nitrogens is 2. The first-order valence-electron chi connectivity index (χ1n) is 8.34. The highest BCUT2D eigenvalue weighted by molar-refractivity contribution is 5.71. The molecule has 1 fully saturated rings. The van der Waals surface area contributed by atoms with Gasteiger partial charge in [-0.2, -0.15) is 9.97 Å². The quantitative estimate of drug-likeness (QED) is 0.438. The van der Waals surface area contributed by atoms with Gasteiger partial charge in [0, 0.05) is 19.6 Å². The van der Waals surface area contributed by atoms with Gasteiger partial charge in [-0.25, -0.2) is 0 Å². The molecule has 1 aliphatic heterocycles. The van der Waals surface area contributed by atoms with E-state index in [1.54, 1.807) is 0 Å². The van der Waals surface area contributed by atoms with Crippen molar-refractivity contribution in [3.63, 3.8) is 0 Å². The van der Waals surface area contributed by atoms with Crippen molar-refractivity contribution in [2.75, 3.05) is 56.2 Å². The Hall–Kier alpha value is -2.16. The highest BCUT2D eigenvalue weighted by Crippen LogP contribution is 2.34. The third kappa shape index (κ3) is 4.67. The average molecular weight is 337 g/mol. The summed E-state index contributed by atoms with van der Waals surface area (Å²) >= 11 is 0. The van der Waals surface area contributed by atoms with Crippen molar-refractivity contribution in [3.05, 3.63) is 10.1 Å². The van der Waals surface area contributed by atoms with Gasteiger partial charge >= 0.3 is 5.69 Å². The van der Waals surface area contributed by atoms with Crippen molar-refractivity contribution in [2.45, 2.75) is 26.2 Å². The molecule has 1 atom stereocenters. The molecule has 9 nitrogen and oxygen atoms in total. The van der Waals surface area contributed by atoms with Crippen LogP contribution in [0.5, 0.6) is 0 Å². The Morgan fingerprint density at radius 2 is 2.21 bits per heavy atom. The zero-order chi connectivity index (χ0) is 17.7. The van der Waals surface area contributed by atoms with Crippen molar-refractivity contribution < 1.29 is 4.92 Å². The molecule has 1 aliphatic rings. The number of nitrogens with one attached hydrogen (secondary N) is 1. The van der Waals surface area contributed by atoms with Gasteiger partial charge in [0.25, 0.3) is 0 Å². The molecule has 2 heterocycles. The third-order valence-corrected chi connectivity index (χ3v) is 4.10. The van der Waals surface area contributed by atoms with Gasteiger partial charge in [0.05, 0.1) is 4.92 Å². The number of nitro groups is 1. The molecule has 0 aromatic carbocycles. The predicted octanol–water partition coefficient (Wildman–Crippen LogP) is 1.57. The van der Waals surface area contributed by atoms with Gasteiger partial charge in [-0.15, -0.1) is 0 Å². The van der Waals surface area contributed by atoms with Crippen LogP contribution in [0.25, 0.3) is 0 Å². The maximum absolute atomic E-state index is 11.4. The summed E-state index contributed by atoms with van der Waals surface area (Å²) in [7, 11) is 4.02. The molecular formula is C15H27N7O2. The van der Waals surface area contributed by atoms with Crippen molar-refractivity contribution >= 4 is 23.3 Å². The Morgan fingerprint density at radius 3 is 2.83 bits per heavy atom. The van der Waals surface area contributed by atoms with Crippen LogP contribution < -0.4 is 16.0 Å². The number of nitrogens with zero attached hydrogens (tertiary/aromatic N) is 5. The first kappa shape index (κ1) is 18.2. The highest BCUT2D eigenvalue weighted by atomic mass is 16.6. The van der Waals surface area contributed by atoms with Crippen molar-refractivity contribution in [3.8, 4) is 0 Å². The maximum Gasteiger partial charge on any atom is 0.353 e. The van der Waals surface area contributed by atoms with Crippen LogP contribution in [0.3, 0.4) is 0 Å². The Labute approximate surface area is 142 Å². The van der Waals surface area contributed by atoms with E-state index in [1.165, 1.54) is 0 Å². The minimum atomic E-state index is -0.486. The van der Waals surface area contributed by atoms with Gasteiger partial charge < -0.3 is 20.9 Å². The molecule has 134 valence electrons. The molecule has 0 spiro atoms. The molecule has 0 saturated carbocycles. The predicted molar refractivity (Wildman–Crippen MR) is 95.4 cm³/mol. The first-order chi connectivity index (χ1) is 11.4. The normalized spacial score (nSPS) is 18.0. The Morgan fingerprint density at radius 1 is 1.46 bits per heavy atom. The van der Waals surface area contributed by atoms with Crippen LogP contribution in [0, 0.1) is 16.0 Å². The molecule has 0 aliphatic carbocycles. The number of piperidine rings is 1. The van der Waals surface area contributed by atoms with Crippen LogP contribution in [0.4, 0.5) is 23.3 Å². The van der Waals surface area contributed by atoms with Crippen molar-refractivity contribution in [1.82, 2.24) is 14.9 Å². The standard InChI is InChI=1S/C15H27N7O2/c1-11-6-4-9-21(10-11)14-12(22(23)24)13(16)18-15(19-14)17-7-5-8-20(2)3/h11H,4-10H2,1-3H3,(H3,16,17,18,19)/t11-/m1/s1. The van der Waals surface area contributed by atoms with Crippen LogP contribution in [0.1, 0.15) is 26.2 Å². The SMILES string of the molecule is C[C@@H]1CCCN(c2nc(NCCCN(C)C)nc(N)c2[N+](=O)[O-])C1. The minimum Gasteiger partial charge on any atom is -0.378 e. The minimum absolute atomic E-state index is 0.0849. The second-order valence-corrected chi connectivity index (χ2v) is 6.64. The van der Waals surface area contributed by atoms with E-state index in [4.69, 9.17) is 5.73 Å². The lowest BCUT2D eigenvalue weighted by Gasteiger charge is -2.31. The molecule has 1 aromatic heterocycles. The molecule has 1 saturated heterocycles. The Balaban J connectivity index is 2.20. The average Bonchev–Trinajstić information content (AvgIpc) is 2.50. The van der Waals surface area contributed by atoms with E-state index in [2.05, 4.69) is 27.1 Å². The number of hydrogen-bond donors (Lipinski definition) is 2. The van der Waals surface area contributed by atoms with Gasteiger partial charge in [0.15, 0.2) is 0 Å². The van der Waals surface area contributed by atoms with E-state index < -0.39 is 4.92 Å². The lowest BCUT2D eigenvalue weighted by Crippen LogP contribution is -2.35. The molecule has 24 heavy (non-hydrogen) atoms. The summed E-state index contributed by atoms with van der Waals surface area (Å²) in [5, 5.41) is 14.5. The fourth-order valence-electron chi connectivity index (χ4n) is 2.91. The number of nitrogen functional groups attached to an aromatic ring is 1. The van der Waals surface area contributed by atoms with Crippen molar-refractivity contribution in [1.29, 1.82) is 0 Å². The lowest BCUT2D eigenvalue weighted by atomic mass is 10.0. The van der Waals surface area contributed by atoms with E-state index in [-0.39, 0.29) is 11.5 Å². The Bertz CT molecular complexity index is 579. The summed E-state index contributed by atoms with van der Waals surface area (Å²) in [6, 6.07) is 0. The molecule has 3 N–H and O–H groups in total. The number of nitrogens with two attached hydrogens (primary N) is 1. The number of rotatable bonds is 7. The molecule has 0 unspecified atom stereocenters. The summed E-state index contributed by atoms with van der Waals surface area (Å²) in [5.74, 6) is 1.07. The summed E-state index contributed by atoms with van der Waals surface area (Å²) < 4.78 is 0. The second-order valence-electron chi connectivity index (χ2n) is 6.64. The molecular weight excluding hydrogens is 310 g/mol. The third-order valence-electron chi connectivity index (χ3n) is 4.10. The van der Waals surface area contributed by atoms with Gasteiger partial charge in [0.1, 0.15) is 0 Å². The summed E-state index contributed by atoms with van der Waals surface area (Å²) in [4.78, 5) is 23.4. The van der Waals surface area contributed by atoms with Gasteiger partial charge in [0.2, 0.25) is 17.6 Å². The van der Waals surface area contributed by atoms with Crippen LogP contribution in [-0.4, -0.2) is 60.1 Å². The van der Waals surface area contributed by atoms with Gasteiger partial charge in [-0.1, -0.05) is 6.92 Å². The van der Waals surface area contributed by atoms with Crippen LogP contribution in [0.2, 0.25) is 0 Å². The fraction of sp³-hybridized carbons (Fsp3) is 0.733. The smallest absolute Gasteiger partial charge is 0.353 e. The molecule has 1 aromatic rings. The zero-order valence-corrected chi connectivity index (χ0v) is 14.7. The fourth-order valence-corrected chi connectivity index (χ4v) is 2.91. The van der Waals surface area contributed by atoms with E-state index in [0.717, 1.165) is 38.9 Å². The summed E-state index contributed by atoms with van der Waals surface area (Å²) in [6.07, 6.45) is 3.04. The first-order valence-corrected chi connectivity index (χ1v) is 8.34. The molecule has 9 heteroatoms. The summed E-state index contributed by atoms with van der Waals surface area (Å²) in [6.45, 7) is 5.26. The lowest BCUT2D eigenvalue weighted by molar-refractivity contribution is -0.383. The van der Waals surface area contributed by atoms with E-state index >= 15 is 0 Å². The van der Waals surface area contributed by atoms with Crippen LogP contribution in [0.15, 0.2) is 0 Å². The monoisotopic (exact) mass is 337 g/mol. The largest absolute Gasteiger partial charge is 0.378 e. The highest BCUT2D eigenvalue weighted by Gasteiger charge is 2.29. The topological polar surface area (TPSA) is 113 Å². The molecule has 0 amide bonds. The molecule has 0 bridgehead atoms. The maximum atomic E-state index is 11.4. The number of anilines is 3. The zero-order valence-electron chi connectivity index (χ0n) is 14.7. The number of hydrogen-bond acceptors (Lipinski definition) is 8. The van der Waals surface area contributed by atoms with E-state index in [0.29, 0.717) is 24.2 Å². The van der Waals surface area contributed by atoms with Gasteiger partial charge in [-0.05, 0) is 45.8 Å². The molecule has 0 radical (unpaired) electrons. The summed E-state index contributed by atoms with van der Waals surface area (Å²) in [5.41, 5.74) is 5.66. The van der Waals surface area contributed by atoms with E-state index in [1.807, 2.05) is 19.0 Å². The van der Waals surface area contributed by atoms with Crippen LogP contribution >= 0.6 is 0 Å². The Kier molecular flexibility index (Phi) is 6.13.